The van der Waals surface area contributed by atoms with E-state index in [9.17, 15) is 4.79 Å². The second-order valence-corrected chi connectivity index (χ2v) is 6.20. The van der Waals surface area contributed by atoms with E-state index in [1.54, 1.807) is 23.9 Å². The number of rotatable bonds is 5. The highest BCUT2D eigenvalue weighted by atomic mass is 35.5. The molecule has 0 unspecified atom stereocenters. The van der Waals surface area contributed by atoms with Crippen LogP contribution < -0.4 is 14.8 Å². The number of methoxy groups -OCH3 is 2. The van der Waals surface area contributed by atoms with Crippen molar-refractivity contribution < 1.29 is 14.3 Å². The molecule has 0 saturated carbocycles. The van der Waals surface area contributed by atoms with E-state index < -0.39 is 0 Å². The van der Waals surface area contributed by atoms with Crippen molar-refractivity contribution in [2.75, 3.05) is 32.6 Å². The fourth-order valence-electron chi connectivity index (χ4n) is 2.43. The molecular weight excluding hydrogens is 338 g/mol. The van der Waals surface area contributed by atoms with E-state index in [0.29, 0.717) is 22.2 Å². The molecule has 3 rings (SSSR count). The standard InChI is InChI=1S/C15H16ClN3O3S/c1-21-12-7-11(13(22-2)6-10(12)16)18-14(20)5-9-8-23-15-17-3-4-19(9)15/h6-8H,3-5H2,1-2H3,(H,18,20). The summed E-state index contributed by atoms with van der Waals surface area (Å²) in [5.41, 5.74) is 1.49. The first kappa shape index (κ1) is 16.0. The molecule has 0 saturated heterocycles. The Morgan fingerprint density at radius 3 is 2.91 bits per heavy atom. The van der Waals surface area contributed by atoms with E-state index in [1.165, 1.54) is 14.2 Å². The zero-order chi connectivity index (χ0) is 16.4. The second-order valence-electron chi connectivity index (χ2n) is 4.95. The molecule has 1 aromatic rings. The Morgan fingerprint density at radius 2 is 2.17 bits per heavy atom. The summed E-state index contributed by atoms with van der Waals surface area (Å²) in [5, 5.41) is 6.22. The molecule has 2 heterocycles. The van der Waals surface area contributed by atoms with Gasteiger partial charge in [0.25, 0.3) is 0 Å². The average Bonchev–Trinajstić information content (AvgIpc) is 3.13. The van der Waals surface area contributed by atoms with Gasteiger partial charge in [0.05, 0.1) is 37.9 Å². The highest BCUT2D eigenvalue weighted by molar-refractivity contribution is 8.16. The molecule has 2 aliphatic heterocycles. The molecule has 0 spiro atoms. The van der Waals surface area contributed by atoms with Gasteiger partial charge in [0.15, 0.2) is 5.17 Å². The topological polar surface area (TPSA) is 63.2 Å². The van der Waals surface area contributed by atoms with Gasteiger partial charge in [-0.2, -0.15) is 0 Å². The fourth-order valence-corrected chi connectivity index (χ4v) is 3.62. The number of benzene rings is 1. The molecule has 0 bridgehead atoms. The van der Waals surface area contributed by atoms with E-state index in [-0.39, 0.29) is 12.3 Å². The first-order valence-corrected chi connectivity index (χ1v) is 8.27. The number of halogens is 1. The van der Waals surface area contributed by atoms with Crippen LogP contribution in [-0.4, -0.2) is 43.3 Å². The molecule has 0 aliphatic carbocycles. The van der Waals surface area contributed by atoms with Gasteiger partial charge in [-0.3, -0.25) is 9.79 Å². The lowest BCUT2D eigenvalue weighted by Crippen LogP contribution is -2.24. The summed E-state index contributed by atoms with van der Waals surface area (Å²) in [7, 11) is 3.05. The van der Waals surface area contributed by atoms with Crippen molar-refractivity contribution in [3.63, 3.8) is 0 Å². The average molecular weight is 354 g/mol. The number of fused-ring (bicyclic) bond motifs is 1. The van der Waals surface area contributed by atoms with E-state index in [0.717, 1.165) is 24.0 Å². The largest absolute Gasteiger partial charge is 0.495 e. The molecule has 0 fully saturated rings. The summed E-state index contributed by atoms with van der Waals surface area (Å²) in [6.07, 6.45) is 0.278. The van der Waals surface area contributed by atoms with Crippen LogP contribution in [0, 0.1) is 0 Å². The van der Waals surface area contributed by atoms with Crippen molar-refractivity contribution in [1.82, 2.24) is 4.90 Å². The van der Waals surface area contributed by atoms with Crippen LogP contribution >= 0.6 is 23.4 Å². The highest BCUT2D eigenvalue weighted by Crippen LogP contribution is 2.36. The Bertz CT molecular complexity index is 705. The van der Waals surface area contributed by atoms with Gasteiger partial charge in [-0.05, 0) is 5.41 Å². The Kier molecular flexibility index (Phi) is 4.68. The molecular formula is C15H16ClN3O3S. The number of hydrogen-bond donors (Lipinski definition) is 1. The monoisotopic (exact) mass is 353 g/mol. The van der Waals surface area contributed by atoms with Crippen LogP contribution in [0.2, 0.25) is 5.02 Å². The van der Waals surface area contributed by atoms with E-state index >= 15 is 0 Å². The minimum atomic E-state index is -0.132. The lowest BCUT2D eigenvalue weighted by molar-refractivity contribution is -0.115. The fraction of sp³-hybridized carbons (Fsp3) is 0.333. The lowest BCUT2D eigenvalue weighted by Gasteiger charge is -2.17. The molecule has 0 aromatic heterocycles. The van der Waals surface area contributed by atoms with Crippen LogP contribution in [0.15, 0.2) is 28.2 Å². The van der Waals surface area contributed by atoms with Gasteiger partial charge in [-0.25, -0.2) is 0 Å². The second kappa shape index (κ2) is 6.72. The summed E-state index contributed by atoms with van der Waals surface area (Å²) in [5.74, 6) is 0.836. The molecule has 0 radical (unpaired) electrons. The number of ether oxygens (including phenoxy) is 2. The van der Waals surface area contributed by atoms with Gasteiger partial charge in [0.1, 0.15) is 11.5 Å². The van der Waals surface area contributed by atoms with Gasteiger partial charge in [0, 0.05) is 24.4 Å². The number of anilines is 1. The Balaban J connectivity index is 1.71. The first-order valence-electron chi connectivity index (χ1n) is 7.01. The smallest absolute Gasteiger partial charge is 0.230 e. The molecule has 23 heavy (non-hydrogen) atoms. The maximum Gasteiger partial charge on any atom is 0.230 e. The van der Waals surface area contributed by atoms with Gasteiger partial charge in [-0.1, -0.05) is 23.4 Å². The quantitative estimate of drug-likeness (QED) is 0.881. The summed E-state index contributed by atoms with van der Waals surface area (Å²) in [6, 6.07) is 3.27. The van der Waals surface area contributed by atoms with Crippen LogP contribution in [0.25, 0.3) is 0 Å². The summed E-state index contributed by atoms with van der Waals surface area (Å²) < 4.78 is 10.4. The Morgan fingerprint density at radius 1 is 1.39 bits per heavy atom. The number of aliphatic imine (C=N–C) groups is 1. The molecule has 6 nitrogen and oxygen atoms in total. The molecule has 2 aliphatic rings. The third-order valence-corrected chi connectivity index (χ3v) is 4.78. The van der Waals surface area contributed by atoms with Gasteiger partial charge in [-0.15, -0.1) is 0 Å². The molecule has 0 atom stereocenters. The molecule has 1 aromatic carbocycles. The predicted octanol–water partition coefficient (Wildman–Crippen LogP) is 2.95. The van der Waals surface area contributed by atoms with E-state index in [1.807, 2.05) is 5.41 Å². The number of thioether (sulfide) groups is 1. The van der Waals surface area contributed by atoms with Crippen molar-refractivity contribution in [3.05, 3.63) is 28.3 Å². The van der Waals surface area contributed by atoms with Crippen molar-refractivity contribution in [3.8, 4) is 11.5 Å². The highest BCUT2D eigenvalue weighted by Gasteiger charge is 2.27. The van der Waals surface area contributed by atoms with Gasteiger partial charge < -0.3 is 19.7 Å². The van der Waals surface area contributed by atoms with Crippen molar-refractivity contribution in [2.24, 2.45) is 4.99 Å². The number of hydrogen-bond acceptors (Lipinski definition) is 6. The number of amides is 1. The minimum Gasteiger partial charge on any atom is -0.495 e. The number of nitrogens with zero attached hydrogens (tertiary/aromatic N) is 2. The zero-order valence-corrected chi connectivity index (χ0v) is 14.3. The molecule has 122 valence electrons. The van der Waals surface area contributed by atoms with Crippen LogP contribution in [0.3, 0.4) is 0 Å². The molecule has 1 N–H and O–H groups in total. The summed E-state index contributed by atoms with van der Waals surface area (Å²) in [4.78, 5) is 18.8. The van der Waals surface area contributed by atoms with Crippen molar-refractivity contribution in [1.29, 1.82) is 0 Å². The Labute approximate surface area is 143 Å². The van der Waals surface area contributed by atoms with Crippen molar-refractivity contribution >= 4 is 40.1 Å². The van der Waals surface area contributed by atoms with Crippen LogP contribution in [-0.2, 0) is 4.79 Å². The molecule has 8 heteroatoms. The number of carbonyl (C=O) groups is 1. The van der Waals surface area contributed by atoms with Crippen molar-refractivity contribution in [2.45, 2.75) is 6.42 Å². The third kappa shape index (κ3) is 3.25. The lowest BCUT2D eigenvalue weighted by atomic mass is 10.2. The Hall–Kier alpha value is -1.86. The van der Waals surface area contributed by atoms with Crippen LogP contribution in [0.5, 0.6) is 11.5 Å². The van der Waals surface area contributed by atoms with E-state index in [2.05, 4.69) is 15.2 Å². The van der Waals surface area contributed by atoms with Crippen LogP contribution in [0.4, 0.5) is 5.69 Å². The summed E-state index contributed by atoms with van der Waals surface area (Å²) >= 11 is 7.62. The maximum absolute atomic E-state index is 12.4. The van der Waals surface area contributed by atoms with E-state index in [4.69, 9.17) is 21.1 Å². The number of nitrogens with one attached hydrogen (secondary N) is 1. The number of amidine groups is 1. The predicted molar refractivity (Wildman–Crippen MR) is 92.5 cm³/mol. The van der Waals surface area contributed by atoms with Gasteiger partial charge in [0.2, 0.25) is 5.91 Å². The minimum absolute atomic E-state index is 0.132. The van der Waals surface area contributed by atoms with Crippen LogP contribution in [0.1, 0.15) is 6.42 Å². The maximum atomic E-state index is 12.4. The zero-order valence-electron chi connectivity index (χ0n) is 12.8. The SMILES string of the molecule is COc1cc(NC(=O)CC2=CSC3=NCCN23)c(OC)cc1Cl. The number of carbonyl (C=O) groups excluding carboxylic acids is 1. The molecule has 1 amide bonds. The summed E-state index contributed by atoms with van der Waals surface area (Å²) in [6.45, 7) is 1.61. The van der Waals surface area contributed by atoms with Gasteiger partial charge >= 0.3 is 0 Å². The third-order valence-electron chi connectivity index (χ3n) is 3.54. The normalized spacial score (nSPS) is 15.9. The first-order chi connectivity index (χ1) is 11.1.